The zero-order valence-corrected chi connectivity index (χ0v) is 12.9. The van der Waals surface area contributed by atoms with E-state index in [1.54, 1.807) is 0 Å². The lowest BCUT2D eigenvalue weighted by molar-refractivity contribution is 0.0996. The maximum absolute atomic E-state index is 9.01. The Bertz CT molecular complexity index is 295. The summed E-state index contributed by atoms with van der Waals surface area (Å²) in [5.74, 6) is 4.22. The largest absolute Gasteiger partial charge is 0.198 e. The molecule has 2 fully saturated rings. The molecule has 1 nitrogen and oxygen atoms in total. The molecule has 3 unspecified atom stereocenters. The summed E-state index contributed by atoms with van der Waals surface area (Å²) in [7, 11) is 0. The SMILES string of the molecule is CCCCC1CCC([C@H]2CC[C@H](C#N)CC2)C(C)C1. The molecular weight excluding hydrogens is 230 g/mol. The molecule has 0 spiro atoms. The van der Waals surface area contributed by atoms with Crippen molar-refractivity contribution in [2.45, 2.75) is 78.1 Å². The van der Waals surface area contributed by atoms with Gasteiger partial charge in [-0.05, 0) is 62.2 Å². The molecule has 2 aliphatic rings. The lowest BCUT2D eigenvalue weighted by Crippen LogP contribution is -2.31. The van der Waals surface area contributed by atoms with Crippen LogP contribution in [0.1, 0.15) is 78.1 Å². The molecule has 0 bridgehead atoms. The molecule has 2 rings (SSSR count). The smallest absolute Gasteiger partial charge is 0.0655 e. The lowest BCUT2D eigenvalue weighted by atomic mass is 9.64. The Balaban J connectivity index is 1.78. The van der Waals surface area contributed by atoms with Crippen LogP contribution in [0, 0.1) is 40.9 Å². The van der Waals surface area contributed by atoms with Gasteiger partial charge in [-0.25, -0.2) is 0 Å². The summed E-state index contributed by atoms with van der Waals surface area (Å²) < 4.78 is 0. The molecular formula is C18H31N. The van der Waals surface area contributed by atoms with Crippen molar-refractivity contribution in [2.75, 3.05) is 0 Å². The Labute approximate surface area is 119 Å². The van der Waals surface area contributed by atoms with Gasteiger partial charge in [-0.3, -0.25) is 0 Å². The van der Waals surface area contributed by atoms with E-state index in [1.165, 1.54) is 64.2 Å². The molecule has 0 aromatic rings. The van der Waals surface area contributed by atoms with Crippen LogP contribution in [0.15, 0.2) is 0 Å². The van der Waals surface area contributed by atoms with Crippen LogP contribution in [-0.4, -0.2) is 0 Å². The first-order valence-electron chi connectivity index (χ1n) is 8.64. The molecule has 19 heavy (non-hydrogen) atoms. The predicted molar refractivity (Wildman–Crippen MR) is 80.6 cm³/mol. The van der Waals surface area contributed by atoms with Crippen molar-refractivity contribution in [3.8, 4) is 6.07 Å². The summed E-state index contributed by atoms with van der Waals surface area (Å²) in [6.07, 6.45) is 13.7. The number of nitrogens with zero attached hydrogens (tertiary/aromatic N) is 1. The van der Waals surface area contributed by atoms with Crippen molar-refractivity contribution in [2.24, 2.45) is 29.6 Å². The van der Waals surface area contributed by atoms with Crippen molar-refractivity contribution in [3.63, 3.8) is 0 Å². The molecule has 0 N–H and O–H groups in total. The predicted octanol–water partition coefficient (Wildman–Crippen LogP) is 5.56. The van der Waals surface area contributed by atoms with Crippen molar-refractivity contribution >= 4 is 0 Å². The number of rotatable bonds is 4. The summed E-state index contributed by atoms with van der Waals surface area (Å²) in [6.45, 7) is 4.81. The topological polar surface area (TPSA) is 23.8 Å². The Morgan fingerprint density at radius 1 is 1.05 bits per heavy atom. The van der Waals surface area contributed by atoms with Gasteiger partial charge in [0.25, 0.3) is 0 Å². The molecule has 3 atom stereocenters. The van der Waals surface area contributed by atoms with Crippen LogP contribution in [0.3, 0.4) is 0 Å². The van der Waals surface area contributed by atoms with Crippen LogP contribution >= 0.6 is 0 Å². The van der Waals surface area contributed by atoms with Gasteiger partial charge in [0.2, 0.25) is 0 Å². The Morgan fingerprint density at radius 3 is 2.37 bits per heavy atom. The normalized spacial score (nSPS) is 39.7. The highest BCUT2D eigenvalue weighted by Crippen LogP contribution is 2.44. The summed E-state index contributed by atoms with van der Waals surface area (Å²) in [4.78, 5) is 0. The fourth-order valence-corrected chi connectivity index (χ4v) is 4.66. The number of nitriles is 1. The molecule has 0 heterocycles. The molecule has 0 radical (unpaired) electrons. The average Bonchev–Trinajstić information content (AvgIpc) is 2.45. The molecule has 2 aliphatic carbocycles. The monoisotopic (exact) mass is 261 g/mol. The van der Waals surface area contributed by atoms with Crippen molar-refractivity contribution < 1.29 is 0 Å². The third kappa shape index (κ3) is 3.98. The van der Waals surface area contributed by atoms with Gasteiger partial charge in [0.05, 0.1) is 6.07 Å². The minimum Gasteiger partial charge on any atom is -0.198 e. The van der Waals surface area contributed by atoms with E-state index in [0.29, 0.717) is 5.92 Å². The summed E-state index contributed by atoms with van der Waals surface area (Å²) in [5, 5.41) is 9.01. The average molecular weight is 261 g/mol. The number of hydrogen-bond donors (Lipinski definition) is 0. The highest BCUT2D eigenvalue weighted by atomic mass is 14.4. The van der Waals surface area contributed by atoms with E-state index in [-0.39, 0.29) is 0 Å². The van der Waals surface area contributed by atoms with Crippen molar-refractivity contribution in [1.82, 2.24) is 0 Å². The van der Waals surface area contributed by atoms with Crippen LogP contribution in [0.4, 0.5) is 0 Å². The number of hydrogen-bond acceptors (Lipinski definition) is 1. The third-order valence-corrected chi connectivity index (χ3v) is 5.87. The summed E-state index contributed by atoms with van der Waals surface area (Å²) in [6, 6.07) is 2.47. The van der Waals surface area contributed by atoms with Gasteiger partial charge < -0.3 is 0 Å². The van der Waals surface area contributed by atoms with Gasteiger partial charge >= 0.3 is 0 Å². The second kappa shape index (κ2) is 7.32. The van der Waals surface area contributed by atoms with Gasteiger partial charge in [-0.1, -0.05) is 39.5 Å². The second-order valence-electron chi connectivity index (χ2n) is 7.20. The quantitative estimate of drug-likeness (QED) is 0.650. The van der Waals surface area contributed by atoms with Gasteiger partial charge in [-0.2, -0.15) is 5.26 Å². The molecule has 2 saturated carbocycles. The Hall–Kier alpha value is -0.510. The van der Waals surface area contributed by atoms with Gasteiger partial charge in [0, 0.05) is 5.92 Å². The minimum absolute atomic E-state index is 0.368. The highest BCUT2D eigenvalue weighted by molar-refractivity contribution is 4.90. The fourth-order valence-electron chi connectivity index (χ4n) is 4.66. The molecule has 0 saturated heterocycles. The molecule has 0 aliphatic heterocycles. The van der Waals surface area contributed by atoms with Gasteiger partial charge in [0.15, 0.2) is 0 Å². The maximum Gasteiger partial charge on any atom is 0.0655 e. The fraction of sp³-hybridized carbons (Fsp3) is 0.944. The first-order chi connectivity index (χ1) is 9.24. The van der Waals surface area contributed by atoms with E-state index in [1.807, 2.05) is 0 Å². The van der Waals surface area contributed by atoms with Gasteiger partial charge in [0.1, 0.15) is 0 Å². The van der Waals surface area contributed by atoms with E-state index in [9.17, 15) is 0 Å². The van der Waals surface area contributed by atoms with Crippen molar-refractivity contribution in [3.05, 3.63) is 0 Å². The molecule has 1 heteroatoms. The number of unbranched alkanes of at least 4 members (excludes halogenated alkanes) is 1. The third-order valence-electron chi connectivity index (χ3n) is 5.87. The Kier molecular flexibility index (Phi) is 5.74. The Morgan fingerprint density at radius 2 is 1.79 bits per heavy atom. The minimum atomic E-state index is 0.368. The second-order valence-corrected chi connectivity index (χ2v) is 7.20. The summed E-state index contributed by atoms with van der Waals surface area (Å²) in [5.41, 5.74) is 0. The van der Waals surface area contributed by atoms with E-state index in [0.717, 1.165) is 23.7 Å². The standard InChI is InChI=1S/C18H31N/c1-3-4-5-15-8-11-18(14(2)12-15)17-9-6-16(13-19)7-10-17/h14-18H,3-12H2,1-2H3/t14?,15?,16-,17-,18?. The molecule has 0 amide bonds. The van der Waals surface area contributed by atoms with E-state index < -0.39 is 0 Å². The van der Waals surface area contributed by atoms with Gasteiger partial charge in [-0.15, -0.1) is 0 Å². The van der Waals surface area contributed by atoms with Crippen LogP contribution in [0.2, 0.25) is 0 Å². The van der Waals surface area contributed by atoms with Crippen LogP contribution < -0.4 is 0 Å². The van der Waals surface area contributed by atoms with Crippen LogP contribution in [0.5, 0.6) is 0 Å². The van der Waals surface area contributed by atoms with Crippen LogP contribution in [-0.2, 0) is 0 Å². The summed E-state index contributed by atoms with van der Waals surface area (Å²) >= 11 is 0. The zero-order valence-electron chi connectivity index (χ0n) is 12.9. The molecule has 108 valence electrons. The first kappa shape index (κ1) is 14.9. The first-order valence-corrected chi connectivity index (χ1v) is 8.64. The van der Waals surface area contributed by atoms with Crippen LogP contribution in [0.25, 0.3) is 0 Å². The zero-order chi connectivity index (χ0) is 13.7. The molecule has 0 aromatic heterocycles. The van der Waals surface area contributed by atoms with Crippen molar-refractivity contribution in [1.29, 1.82) is 5.26 Å². The lowest BCUT2D eigenvalue weighted by Gasteiger charge is -2.41. The van der Waals surface area contributed by atoms with E-state index in [2.05, 4.69) is 19.9 Å². The maximum atomic E-state index is 9.01. The molecule has 0 aromatic carbocycles. The highest BCUT2D eigenvalue weighted by Gasteiger charge is 2.34. The van der Waals surface area contributed by atoms with E-state index in [4.69, 9.17) is 5.26 Å². The van der Waals surface area contributed by atoms with E-state index >= 15 is 0 Å².